The van der Waals surface area contributed by atoms with Gasteiger partial charge in [-0.15, -0.1) is 0 Å². The van der Waals surface area contributed by atoms with Crippen LogP contribution in [-0.4, -0.2) is 22.9 Å². The molecule has 0 fully saturated rings. The van der Waals surface area contributed by atoms with E-state index in [1.54, 1.807) is 25.5 Å². The molecule has 1 aromatic carbocycles. The Morgan fingerprint density at radius 1 is 1.00 bits per heavy atom. The summed E-state index contributed by atoms with van der Waals surface area (Å²) in [6, 6.07) is 13.3. The van der Waals surface area contributed by atoms with Crippen molar-refractivity contribution in [1.82, 2.24) is 15.3 Å². The summed E-state index contributed by atoms with van der Waals surface area (Å²) in [6.45, 7) is 2.03. The summed E-state index contributed by atoms with van der Waals surface area (Å²) in [5.74, 6) is -0.210. The van der Waals surface area contributed by atoms with Crippen molar-refractivity contribution in [2.45, 2.75) is 6.92 Å². The molecule has 0 aliphatic carbocycles. The Morgan fingerprint density at radius 2 is 1.71 bits per heavy atom. The Balaban J connectivity index is 2.05. The molecule has 2 aromatic heterocycles. The molecule has 24 heavy (non-hydrogen) atoms. The summed E-state index contributed by atoms with van der Waals surface area (Å²) in [5.41, 5.74) is 11.8. The molecular formula is C19H18N4O. The Labute approximate surface area is 140 Å². The van der Waals surface area contributed by atoms with Gasteiger partial charge in [-0.3, -0.25) is 14.8 Å². The molecule has 3 aromatic rings. The van der Waals surface area contributed by atoms with Crippen molar-refractivity contribution in [3.63, 3.8) is 0 Å². The zero-order chi connectivity index (χ0) is 17.1. The average molecular weight is 318 g/mol. The fraction of sp³-hybridized carbons (Fsp3) is 0.105. The van der Waals surface area contributed by atoms with Crippen molar-refractivity contribution < 1.29 is 4.79 Å². The molecule has 0 saturated heterocycles. The van der Waals surface area contributed by atoms with E-state index in [1.807, 2.05) is 43.3 Å². The molecule has 0 bridgehead atoms. The predicted octanol–water partition coefficient (Wildman–Crippen LogP) is 3.06. The first-order valence-electron chi connectivity index (χ1n) is 7.59. The van der Waals surface area contributed by atoms with E-state index in [0.717, 1.165) is 27.9 Å². The van der Waals surface area contributed by atoms with Gasteiger partial charge in [0.1, 0.15) is 5.69 Å². The molecule has 0 atom stereocenters. The van der Waals surface area contributed by atoms with Gasteiger partial charge >= 0.3 is 0 Å². The second kappa shape index (κ2) is 6.50. The molecule has 5 nitrogen and oxygen atoms in total. The van der Waals surface area contributed by atoms with E-state index in [0.29, 0.717) is 11.4 Å². The zero-order valence-corrected chi connectivity index (χ0v) is 13.6. The van der Waals surface area contributed by atoms with Crippen LogP contribution in [0.1, 0.15) is 16.1 Å². The summed E-state index contributed by atoms with van der Waals surface area (Å²) in [6.07, 6.45) is 3.39. The molecule has 5 heteroatoms. The molecule has 0 radical (unpaired) electrons. The molecule has 3 rings (SSSR count). The Morgan fingerprint density at radius 3 is 2.46 bits per heavy atom. The van der Waals surface area contributed by atoms with Gasteiger partial charge in [0, 0.05) is 30.7 Å². The second-order valence-electron chi connectivity index (χ2n) is 5.51. The van der Waals surface area contributed by atoms with Crippen LogP contribution < -0.4 is 11.1 Å². The standard InChI is InChI=1S/C19H18N4O/c1-12-3-4-15(20)11-16(12)17-9-13(5-7-22-17)14-6-8-23-18(10-14)19(24)21-2/h3-11H,20H2,1-2H3,(H,21,24). The van der Waals surface area contributed by atoms with Gasteiger partial charge < -0.3 is 11.1 Å². The van der Waals surface area contributed by atoms with Crippen molar-refractivity contribution in [3.05, 3.63) is 66.1 Å². The minimum Gasteiger partial charge on any atom is -0.399 e. The number of carbonyl (C=O) groups excluding carboxylic acids is 1. The number of aryl methyl sites for hydroxylation is 1. The van der Waals surface area contributed by atoms with Gasteiger partial charge in [-0.05, 0) is 60.0 Å². The molecular weight excluding hydrogens is 300 g/mol. The van der Waals surface area contributed by atoms with Gasteiger partial charge in [0.05, 0.1) is 5.69 Å². The number of nitrogens with two attached hydrogens (primary N) is 1. The van der Waals surface area contributed by atoms with Crippen molar-refractivity contribution in [2.75, 3.05) is 12.8 Å². The van der Waals surface area contributed by atoms with Crippen LogP contribution in [0.5, 0.6) is 0 Å². The minimum absolute atomic E-state index is 0.210. The second-order valence-corrected chi connectivity index (χ2v) is 5.51. The average Bonchev–Trinajstić information content (AvgIpc) is 2.63. The number of aromatic nitrogens is 2. The summed E-state index contributed by atoms with van der Waals surface area (Å²) in [5, 5.41) is 2.58. The van der Waals surface area contributed by atoms with Gasteiger partial charge in [-0.1, -0.05) is 6.07 Å². The number of nitrogen functional groups attached to an aromatic ring is 1. The van der Waals surface area contributed by atoms with Gasteiger partial charge in [-0.2, -0.15) is 0 Å². The van der Waals surface area contributed by atoms with Crippen molar-refractivity contribution >= 4 is 11.6 Å². The third-order valence-electron chi connectivity index (χ3n) is 3.85. The van der Waals surface area contributed by atoms with E-state index in [-0.39, 0.29) is 5.91 Å². The van der Waals surface area contributed by atoms with Crippen LogP contribution in [-0.2, 0) is 0 Å². The summed E-state index contributed by atoms with van der Waals surface area (Å²) >= 11 is 0. The van der Waals surface area contributed by atoms with Gasteiger partial charge in [0.15, 0.2) is 0 Å². The lowest BCUT2D eigenvalue weighted by Crippen LogP contribution is -2.19. The van der Waals surface area contributed by atoms with E-state index in [2.05, 4.69) is 15.3 Å². The number of benzene rings is 1. The van der Waals surface area contributed by atoms with E-state index >= 15 is 0 Å². The maximum Gasteiger partial charge on any atom is 0.269 e. The number of nitrogens with one attached hydrogen (secondary N) is 1. The number of rotatable bonds is 3. The smallest absolute Gasteiger partial charge is 0.269 e. The largest absolute Gasteiger partial charge is 0.399 e. The van der Waals surface area contributed by atoms with Gasteiger partial charge in [-0.25, -0.2) is 0 Å². The SMILES string of the molecule is CNC(=O)c1cc(-c2ccnc(-c3cc(N)ccc3C)c2)ccn1. The normalized spacial score (nSPS) is 10.4. The van der Waals surface area contributed by atoms with Gasteiger partial charge in [0.2, 0.25) is 0 Å². The van der Waals surface area contributed by atoms with Crippen LogP contribution in [0.4, 0.5) is 5.69 Å². The molecule has 120 valence electrons. The highest BCUT2D eigenvalue weighted by atomic mass is 16.1. The molecule has 3 N–H and O–H groups in total. The highest BCUT2D eigenvalue weighted by molar-refractivity contribution is 5.93. The Hall–Kier alpha value is -3.21. The van der Waals surface area contributed by atoms with Crippen LogP contribution in [0.25, 0.3) is 22.4 Å². The number of carbonyl (C=O) groups is 1. The van der Waals surface area contributed by atoms with E-state index in [1.165, 1.54) is 0 Å². The Kier molecular flexibility index (Phi) is 4.24. The Bertz CT molecular complexity index is 905. The minimum atomic E-state index is -0.210. The number of hydrogen-bond acceptors (Lipinski definition) is 4. The number of anilines is 1. The van der Waals surface area contributed by atoms with Crippen LogP contribution in [0.3, 0.4) is 0 Å². The van der Waals surface area contributed by atoms with Crippen molar-refractivity contribution in [1.29, 1.82) is 0 Å². The fourth-order valence-electron chi connectivity index (χ4n) is 2.54. The summed E-state index contributed by atoms with van der Waals surface area (Å²) in [4.78, 5) is 20.3. The first-order valence-corrected chi connectivity index (χ1v) is 7.59. The van der Waals surface area contributed by atoms with Crippen LogP contribution in [0.2, 0.25) is 0 Å². The maximum absolute atomic E-state index is 11.8. The number of pyridine rings is 2. The van der Waals surface area contributed by atoms with Crippen molar-refractivity contribution in [2.24, 2.45) is 0 Å². The van der Waals surface area contributed by atoms with Gasteiger partial charge in [0.25, 0.3) is 5.91 Å². The molecule has 0 saturated carbocycles. The summed E-state index contributed by atoms with van der Waals surface area (Å²) in [7, 11) is 1.59. The third kappa shape index (κ3) is 3.10. The summed E-state index contributed by atoms with van der Waals surface area (Å²) < 4.78 is 0. The first kappa shape index (κ1) is 15.7. The molecule has 0 spiro atoms. The molecule has 0 unspecified atom stereocenters. The van der Waals surface area contributed by atoms with Crippen LogP contribution >= 0.6 is 0 Å². The third-order valence-corrected chi connectivity index (χ3v) is 3.85. The number of nitrogens with zero attached hydrogens (tertiary/aromatic N) is 2. The number of hydrogen-bond donors (Lipinski definition) is 2. The van der Waals surface area contributed by atoms with Crippen LogP contribution in [0, 0.1) is 6.92 Å². The predicted molar refractivity (Wildman–Crippen MR) is 95.4 cm³/mol. The van der Waals surface area contributed by atoms with Crippen LogP contribution in [0.15, 0.2) is 54.9 Å². The fourth-order valence-corrected chi connectivity index (χ4v) is 2.54. The van der Waals surface area contributed by atoms with E-state index in [9.17, 15) is 4.79 Å². The maximum atomic E-state index is 11.8. The quantitative estimate of drug-likeness (QED) is 0.727. The lowest BCUT2D eigenvalue weighted by molar-refractivity contribution is 0.0958. The molecule has 2 heterocycles. The highest BCUT2D eigenvalue weighted by Gasteiger charge is 2.09. The molecule has 1 amide bonds. The van der Waals surface area contributed by atoms with Crippen molar-refractivity contribution in [3.8, 4) is 22.4 Å². The molecule has 0 aliphatic rings. The zero-order valence-electron chi connectivity index (χ0n) is 13.6. The first-order chi connectivity index (χ1) is 11.6. The highest BCUT2D eigenvalue weighted by Crippen LogP contribution is 2.28. The molecule has 0 aliphatic heterocycles. The topological polar surface area (TPSA) is 80.9 Å². The lowest BCUT2D eigenvalue weighted by Gasteiger charge is -2.09. The monoisotopic (exact) mass is 318 g/mol. The van der Waals surface area contributed by atoms with E-state index in [4.69, 9.17) is 5.73 Å². The number of amides is 1. The van der Waals surface area contributed by atoms with E-state index < -0.39 is 0 Å². The lowest BCUT2D eigenvalue weighted by atomic mass is 10.0.